The van der Waals surface area contributed by atoms with E-state index >= 15 is 0 Å². The number of hydrogen-bond donors (Lipinski definition) is 1. The first-order valence-electron chi connectivity index (χ1n) is 5.04. The molecule has 0 unspecified atom stereocenters. The lowest BCUT2D eigenvalue weighted by molar-refractivity contribution is 0.853. The zero-order chi connectivity index (χ0) is 11.7. The van der Waals surface area contributed by atoms with Crippen LogP contribution >= 0.6 is 0 Å². The maximum atomic E-state index is 5.74. The topological polar surface area (TPSA) is 42.2 Å². The Morgan fingerprint density at radius 2 is 2.13 bits per heavy atom. The quantitative estimate of drug-likeness (QED) is 0.466. The first-order valence-corrected chi connectivity index (χ1v) is 5.04. The van der Waals surface area contributed by atoms with Gasteiger partial charge in [0.1, 0.15) is 5.82 Å². The van der Waals surface area contributed by atoms with E-state index in [0.29, 0.717) is 0 Å². The third kappa shape index (κ3) is 4.48. The molecule has 82 valence electrons. The molecule has 1 aromatic heterocycles. The highest BCUT2D eigenvalue weighted by Gasteiger charge is 2.04. The fraction of sp³-hybridized carbons (Fsp3) is 0.417. The van der Waals surface area contributed by atoms with Crippen molar-refractivity contribution in [3.8, 4) is 12.3 Å². The summed E-state index contributed by atoms with van der Waals surface area (Å²) in [6.07, 6.45) is 7.33. The van der Waals surface area contributed by atoms with Gasteiger partial charge >= 0.3 is 0 Å². The summed E-state index contributed by atoms with van der Waals surface area (Å²) < 4.78 is 0. The second-order valence-corrected chi connectivity index (χ2v) is 2.91. The van der Waals surface area contributed by atoms with Crippen LogP contribution in [0.15, 0.2) is 18.3 Å². The van der Waals surface area contributed by atoms with Crippen molar-refractivity contribution < 1.29 is 0 Å². The summed E-state index contributed by atoms with van der Waals surface area (Å²) in [5.74, 6) is 8.88. The molecule has 3 nitrogen and oxygen atoms in total. The zero-order valence-electron chi connectivity index (χ0n) is 9.70. The van der Waals surface area contributed by atoms with Gasteiger partial charge in [-0.3, -0.25) is 5.01 Å². The molecule has 1 rings (SSSR count). The number of terminal acetylenes is 1. The van der Waals surface area contributed by atoms with Crippen molar-refractivity contribution in [2.45, 2.75) is 27.2 Å². The van der Waals surface area contributed by atoms with Gasteiger partial charge in [0.15, 0.2) is 0 Å². The van der Waals surface area contributed by atoms with Crippen molar-refractivity contribution in [1.29, 1.82) is 0 Å². The summed E-state index contributed by atoms with van der Waals surface area (Å²) in [7, 11) is 0. The molecule has 0 spiro atoms. The number of rotatable bonds is 3. The summed E-state index contributed by atoms with van der Waals surface area (Å²) in [4.78, 5) is 4.22. The Labute approximate surface area is 92.3 Å². The van der Waals surface area contributed by atoms with E-state index in [1.807, 2.05) is 13.0 Å². The smallest absolute Gasteiger partial charge is 0.145 e. The molecule has 0 aliphatic carbocycles. The van der Waals surface area contributed by atoms with E-state index in [0.717, 1.165) is 18.8 Å². The normalized spacial score (nSPS) is 8.47. The van der Waals surface area contributed by atoms with Gasteiger partial charge in [-0.2, -0.15) is 0 Å². The highest BCUT2D eigenvalue weighted by atomic mass is 15.4. The number of pyridine rings is 1. The van der Waals surface area contributed by atoms with E-state index in [-0.39, 0.29) is 0 Å². The summed E-state index contributed by atoms with van der Waals surface area (Å²) in [6.45, 7) is 6.54. The van der Waals surface area contributed by atoms with E-state index in [9.17, 15) is 0 Å². The molecule has 0 aromatic carbocycles. The van der Waals surface area contributed by atoms with Crippen molar-refractivity contribution >= 4 is 5.82 Å². The summed E-state index contributed by atoms with van der Waals surface area (Å²) in [5, 5.41) is 1.67. The number of anilines is 1. The minimum absolute atomic E-state index is 0.782. The lowest BCUT2D eigenvalue weighted by Crippen LogP contribution is -2.32. The van der Waals surface area contributed by atoms with Crippen molar-refractivity contribution in [3.63, 3.8) is 0 Å². The molecule has 0 amide bonds. The maximum absolute atomic E-state index is 5.74. The molecule has 0 aliphatic heterocycles. The Morgan fingerprint density at radius 3 is 2.60 bits per heavy atom. The average Bonchev–Trinajstić information content (AvgIpc) is 2.29. The van der Waals surface area contributed by atoms with Gasteiger partial charge in [0.2, 0.25) is 0 Å². The van der Waals surface area contributed by atoms with Crippen LogP contribution in [0.2, 0.25) is 0 Å². The molecular formula is C12H19N3. The number of aromatic nitrogens is 1. The Balaban J connectivity index is 0.000000583. The van der Waals surface area contributed by atoms with Crippen molar-refractivity contribution in [2.24, 2.45) is 5.84 Å². The monoisotopic (exact) mass is 205 g/mol. The Kier molecular flexibility index (Phi) is 7.04. The molecule has 2 N–H and O–H groups in total. The van der Waals surface area contributed by atoms with E-state index in [1.54, 1.807) is 18.1 Å². The van der Waals surface area contributed by atoms with Gasteiger partial charge in [-0.15, -0.1) is 12.3 Å². The molecule has 1 heterocycles. The molecule has 0 saturated heterocycles. The van der Waals surface area contributed by atoms with E-state index in [4.69, 9.17) is 5.84 Å². The number of nitrogens with two attached hydrogens (primary N) is 1. The van der Waals surface area contributed by atoms with Crippen LogP contribution in [0.1, 0.15) is 26.3 Å². The number of nitrogens with zero attached hydrogens (tertiary/aromatic N) is 2. The van der Waals surface area contributed by atoms with Crippen LogP contribution in [0.4, 0.5) is 5.82 Å². The zero-order valence-corrected chi connectivity index (χ0v) is 9.70. The molecule has 0 saturated carbocycles. The maximum Gasteiger partial charge on any atom is 0.145 e. The molecule has 0 fully saturated rings. The third-order valence-electron chi connectivity index (χ3n) is 1.86. The van der Waals surface area contributed by atoms with E-state index in [1.165, 1.54) is 5.56 Å². The van der Waals surface area contributed by atoms with Crippen LogP contribution in [0, 0.1) is 12.3 Å². The fourth-order valence-electron chi connectivity index (χ4n) is 1.11. The van der Waals surface area contributed by atoms with E-state index in [2.05, 4.69) is 30.3 Å². The van der Waals surface area contributed by atoms with Crippen LogP contribution < -0.4 is 10.9 Å². The Bertz CT molecular complexity index is 315. The number of hydrazine groups is 1. The lowest BCUT2D eigenvalue weighted by Gasteiger charge is -2.17. The van der Waals surface area contributed by atoms with Gasteiger partial charge in [0.25, 0.3) is 0 Å². The molecule has 1 aromatic rings. The van der Waals surface area contributed by atoms with Crippen LogP contribution in [0.25, 0.3) is 0 Å². The predicted octanol–water partition coefficient (Wildman–Crippen LogP) is 1.98. The third-order valence-corrected chi connectivity index (χ3v) is 1.86. The standard InChI is InChI=1S/C9H15N3.C3H4/c1-3-8-6-5-7-11-9(8)12(10)4-2;1-3-2/h5-7H,3-4,10H2,1-2H3;1H,2H3. The van der Waals surface area contributed by atoms with Crippen LogP contribution in [-0.4, -0.2) is 11.5 Å². The van der Waals surface area contributed by atoms with Crippen molar-refractivity contribution in [1.82, 2.24) is 4.98 Å². The van der Waals surface area contributed by atoms with Crippen LogP contribution in [0.3, 0.4) is 0 Å². The summed E-state index contributed by atoms with van der Waals surface area (Å²) in [5.41, 5.74) is 1.20. The molecule has 0 bridgehead atoms. The molecule has 0 radical (unpaired) electrons. The second-order valence-electron chi connectivity index (χ2n) is 2.91. The Morgan fingerprint density at radius 1 is 1.53 bits per heavy atom. The minimum Gasteiger partial charge on any atom is -0.295 e. The van der Waals surface area contributed by atoms with Crippen LogP contribution in [-0.2, 0) is 6.42 Å². The highest BCUT2D eigenvalue weighted by molar-refractivity contribution is 5.44. The Hall–Kier alpha value is -1.53. The molecule has 3 heteroatoms. The SMILES string of the molecule is C#CC.CCc1cccnc1N(N)CC. The summed E-state index contributed by atoms with van der Waals surface area (Å²) in [6, 6.07) is 3.99. The van der Waals surface area contributed by atoms with Gasteiger partial charge in [-0.25, -0.2) is 10.8 Å². The van der Waals surface area contributed by atoms with Crippen LogP contribution in [0.5, 0.6) is 0 Å². The van der Waals surface area contributed by atoms with Gasteiger partial charge in [-0.1, -0.05) is 13.0 Å². The van der Waals surface area contributed by atoms with Gasteiger partial charge in [0.05, 0.1) is 0 Å². The van der Waals surface area contributed by atoms with Gasteiger partial charge < -0.3 is 0 Å². The van der Waals surface area contributed by atoms with Crippen molar-refractivity contribution in [3.05, 3.63) is 23.9 Å². The van der Waals surface area contributed by atoms with Gasteiger partial charge in [0, 0.05) is 12.7 Å². The number of hydrogen-bond acceptors (Lipinski definition) is 3. The van der Waals surface area contributed by atoms with Gasteiger partial charge in [-0.05, 0) is 31.9 Å². The first-order chi connectivity index (χ1) is 7.21. The van der Waals surface area contributed by atoms with Crippen molar-refractivity contribution in [2.75, 3.05) is 11.6 Å². The molecular weight excluding hydrogens is 186 g/mol. The largest absolute Gasteiger partial charge is 0.295 e. The molecule has 15 heavy (non-hydrogen) atoms. The van der Waals surface area contributed by atoms with E-state index < -0.39 is 0 Å². The number of aryl methyl sites for hydroxylation is 1. The molecule has 0 aliphatic rings. The second kappa shape index (κ2) is 7.84. The first kappa shape index (κ1) is 13.5. The predicted molar refractivity (Wildman–Crippen MR) is 65.3 cm³/mol. The minimum atomic E-state index is 0.782. The summed E-state index contributed by atoms with van der Waals surface area (Å²) >= 11 is 0. The average molecular weight is 205 g/mol. The fourth-order valence-corrected chi connectivity index (χ4v) is 1.11. The molecule has 0 atom stereocenters. The lowest BCUT2D eigenvalue weighted by atomic mass is 10.2. The highest BCUT2D eigenvalue weighted by Crippen LogP contribution is 2.13.